The van der Waals surface area contributed by atoms with E-state index in [1.54, 1.807) is 18.2 Å². The fourth-order valence-corrected chi connectivity index (χ4v) is 2.45. The van der Waals surface area contributed by atoms with Crippen LogP contribution in [0.15, 0.2) is 65.1 Å². The van der Waals surface area contributed by atoms with E-state index in [9.17, 15) is 4.79 Å². The van der Waals surface area contributed by atoms with Crippen molar-refractivity contribution in [1.29, 1.82) is 5.26 Å². The highest BCUT2D eigenvalue weighted by molar-refractivity contribution is 7.12. The molecule has 1 heterocycles. The van der Waals surface area contributed by atoms with Crippen LogP contribution in [0.4, 0.5) is 0 Å². The number of Topliss-reactive ketones (excluding diaryl/α,β-unsaturated/α-hetero) is 1. The van der Waals surface area contributed by atoms with E-state index in [1.165, 1.54) is 11.3 Å². The third-order valence-corrected chi connectivity index (χ3v) is 3.54. The standard InChI is InChI=1S/C17H13NOS/c1-13(10-14-6-3-2-4-7-14)11-15(12-18)17(19)16-8-5-9-20-16/h2-11H,1H3/b13-10+,15-11+. The maximum atomic E-state index is 12.1. The zero-order valence-electron chi connectivity index (χ0n) is 11.0. The number of hydrogen-bond donors (Lipinski definition) is 0. The largest absolute Gasteiger partial charge is 0.287 e. The van der Waals surface area contributed by atoms with Crippen molar-refractivity contribution in [2.45, 2.75) is 6.92 Å². The first-order valence-electron chi connectivity index (χ1n) is 6.14. The molecule has 3 heteroatoms. The molecule has 1 aromatic carbocycles. The first-order chi connectivity index (χ1) is 9.70. The topological polar surface area (TPSA) is 40.9 Å². The molecule has 0 fully saturated rings. The van der Waals surface area contributed by atoms with Crippen LogP contribution in [-0.4, -0.2) is 5.78 Å². The second kappa shape index (κ2) is 6.65. The van der Waals surface area contributed by atoms with Gasteiger partial charge in [0.15, 0.2) is 0 Å². The van der Waals surface area contributed by atoms with Crippen molar-refractivity contribution in [3.8, 4) is 6.07 Å². The molecule has 20 heavy (non-hydrogen) atoms. The van der Waals surface area contributed by atoms with Crippen molar-refractivity contribution in [3.05, 3.63) is 75.5 Å². The van der Waals surface area contributed by atoms with E-state index in [0.717, 1.165) is 11.1 Å². The first kappa shape index (κ1) is 14.0. The number of nitriles is 1. The summed E-state index contributed by atoms with van der Waals surface area (Å²) in [5.74, 6) is -0.219. The molecule has 98 valence electrons. The lowest BCUT2D eigenvalue weighted by molar-refractivity contribution is 0.104. The van der Waals surface area contributed by atoms with Gasteiger partial charge in [-0.1, -0.05) is 42.5 Å². The van der Waals surface area contributed by atoms with Crippen LogP contribution in [0.1, 0.15) is 22.2 Å². The number of carbonyl (C=O) groups is 1. The number of ketones is 1. The van der Waals surface area contributed by atoms with E-state index in [2.05, 4.69) is 0 Å². The van der Waals surface area contributed by atoms with Crippen LogP contribution in [0.25, 0.3) is 6.08 Å². The normalized spacial score (nSPS) is 12.0. The molecule has 0 N–H and O–H groups in total. The Bertz CT molecular complexity index is 688. The Hall–Kier alpha value is -2.44. The van der Waals surface area contributed by atoms with E-state index < -0.39 is 0 Å². The average Bonchev–Trinajstić information content (AvgIpc) is 2.99. The summed E-state index contributed by atoms with van der Waals surface area (Å²) in [6.07, 6.45) is 3.58. The lowest BCUT2D eigenvalue weighted by Crippen LogP contribution is -1.99. The molecule has 2 aromatic rings. The van der Waals surface area contributed by atoms with Crippen LogP contribution in [0.3, 0.4) is 0 Å². The maximum absolute atomic E-state index is 12.1. The van der Waals surface area contributed by atoms with Gasteiger partial charge < -0.3 is 0 Å². The molecule has 0 aliphatic rings. The lowest BCUT2D eigenvalue weighted by Gasteiger charge is -1.98. The zero-order valence-corrected chi connectivity index (χ0v) is 11.9. The molecular formula is C17H13NOS. The number of thiophene rings is 1. The zero-order chi connectivity index (χ0) is 14.4. The first-order valence-corrected chi connectivity index (χ1v) is 7.02. The van der Waals surface area contributed by atoms with Crippen molar-refractivity contribution in [3.63, 3.8) is 0 Å². The van der Waals surface area contributed by atoms with Crippen LogP contribution in [-0.2, 0) is 0 Å². The van der Waals surface area contributed by atoms with Gasteiger partial charge in [0, 0.05) is 0 Å². The predicted octanol–water partition coefficient (Wildman–Crippen LogP) is 4.48. The molecule has 1 aromatic heterocycles. The van der Waals surface area contributed by atoms with E-state index in [0.29, 0.717) is 4.88 Å². The molecule has 2 nitrogen and oxygen atoms in total. The van der Waals surface area contributed by atoms with Crippen LogP contribution >= 0.6 is 11.3 Å². The smallest absolute Gasteiger partial charge is 0.213 e. The van der Waals surface area contributed by atoms with Crippen LogP contribution in [0.5, 0.6) is 0 Å². The third-order valence-electron chi connectivity index (χ3n) is 2.68. The molecule has 0 aliphatic heterocycles. The highest BCUT2D eigenvalue weighted by Crippen LogP contribution is 2.16. The van der Waals surface area contributed by atoms with E-state index >= 15 is 0 Å². The van der Waals surface area contributed by atoms with Crippen LogP contribution in [0.2, 0.25) is 0 Å². The molecule has 2 rings (SSSR count). The van der Waals surface area contributed by atoms with Gasteiger partial charge in [-0.2, -0.15) is 5.26 Å². The van der Waals surface area contributed by atoms with Gasteiger partial charge in [-0.15, -0.1) is 11.3 Å². The summed E-state index contributed by atoms with van der Waals surface area (Å²) in [6, 6.07) is 15.3. The minimum Gasteiger partial charge on any atom is -0.287 e. The minimum absolute atomic E-state index is 0.164. The fourth-order valence-electron chi connectivity index (χ4n) is 1.77. The summed E-state index contributed by atoms with van der Waals surface area (Å²) in [4.78, 5) is 12.7. The molecule has 0 saturated heterocycles. The summed E-state index contributed by atoms with van der Waals surface area (Å²) in [6.45, 7) is 1.88. The summed E-state index contributed by atoms with van der Waals surface area (Å²) >= 11 is 1.34. The van der Waals surface area contributed by atoms with Crippen molar-refractivity contribution in [2.24, 2.45) is 0 Å². The second-order valence-corrected chi connectivity index (χ2v) is 5.22. The van der Waals surface area contributed by atoms with E-state index in [1.807, 2.05) is 54.8 Å². The third kappa shape index (κ3) is 3.53. The Labute approximate surface area is 122 Å². The van der Waals surface area contributed by atoms with Gasteiger partial charge in [0.1, 0.15) is 11.6 Å². The van der Waals surface area contributed by atoms with Gasteiger partial charge in [0.25, 0.3) is 0 Å². The predicted molar refractivity (Wildman–Crippen MR) is 82.4 cm³/mol. The SMILES string of the molecule is CC(=C\c1ccccc1)/C=C(\C#N)C(=O)c1cccs1. The fraction of sp³-hybridized carbons (Fsp3) is 0.0588. The number of rotatable bonds is 4. The number of benzene rings is 1. The maximum Gasteiger partial charge on any atom is 0.213 e. The molecule has 0 spiro atoms. The molecule has 0 amide bonds. The summed E-state index contributed by atoms with van der Waals surface area (Å²) in [5.41, 5.74) is 2.08. The van der Waals surface area contributed by atoms with Gasteiger partial charge in [-0.25, -0.2) is 0 Å². The summed E-state index contributed by atoms with van der Waals surface area (Å²) in [7, 11) is 0. The van der Waals surface area contributed by atoms with Gasteiger partial charge >= 0.3 is 0 Å². The van der Waals surface area contributed by atoms with Crippen molar-refractivity contribution in [1.82, 2.24) is 0 Å². The second-order valence-electron chi connectivity index (χ2n) is 4.28. The molecule has 0 unspecified atom stereocenters. The molecular weight excluding hydrogens is 266 g/mol. The monoisotopic (exact) mass is 279 g/mol. The van der Waals surface area contributed by atoms with Gasteiger partial charge in [0.05, 0.1) is 4.88 Å². The van der Waals surface area contributed by atoms with Crippen LogP contribution in [0, 0.1) is 11.3 Å². The molecule has 0 saturated carbocycles. The Kier molecular flexibility index (Phi) is 4.65. The van der Waals surface area contributed by atoms with Gasteiger partial charge in [-0.3, -0.25) is 4.79 Å². The van der Waals surface area contributed by atoms with Gasteiger partial charge in [0.2, 0.25) is 5.78 Å². The van der Waals surface area contributed by atoms with Crippen molar-refractivity contribution < 1.29 is 4.79 Å². The quantitative estimate of drug-likeness (QED) is 0.358. The molecule has 0 radical (unpaired) electrons. The number of hydrogen-bond acceptors (Lipinski definition) is 3. The highest BCUT2D eigenvalue weighted by Gasteiger charge is 2.12. The summed E-state index contributed by atoms with van der Waals surface area (Å²) in [5, 5.41) is 11.0. The Morgan fingerprint density at radius 1 is 1.20 bits per heavy atom. The average molecular weight is 279 g/mol. The van der Waals surface area contributed by atoms with E-state index in [-0.39, 0.29) is 11.4 Å². The molecule has 0 aliphatic carbocycles. The molecule has 0 atom stereocenters. The van der Waals surface area contributed by atoms with Crippen molar-refractivity contribution >= 4 is 23.2 Å². The minimum atomic E-state index is -0.219. The van der Waals surface area contributed by atoms with Gasteiger partial charge in [-0.05, 0) is 35.6 Å². The molecule has 0 bridgehead atoms. The van der Waals surface area contributed by atoms with Crippen molar-refractivity contribution in [2.75, 3.05) is 0 Å². The highest BCUT2D eigenvalue weighted by atomic mass is 32.1. The summed E-state index contributed by atoms with van der Waals surface area (Å²) < 4.78 is 0. The number of carbonyl (C=O) groups excluding carboxylic acids is 1. The number of allylic oxidation sites excluding steroid dienone is 3. The Morgan fingerprint density at radius 2 is 1.95 bits per heavy atom. The Balaban J connectivity index is 2.26. The number of nitrogens with zero attached hydrogens (tertiary/aromatic N) is 1. The van der Waals surface area contributed by atoms with E-state index in [4.69, 9.17) is 5.26 Å². The lowest BCUT2D eigenvalue weighted by atomic mass is 10.1. The van der Waals surface area contributed by atoms with Crippen LogP contribution < -0.4 is 0 Å². The Morgan fingerprint density at radius 3 is 2.55 bits per heavy atom.